The molecule has 2 aromatic rings. The number of amides is 1. The van der Waals surface area contributed by atoms with Crippen molar-refractivity contribution in [3.63, 3.8) is 0 Å². The van der Waals surface area contributed by atoms with Gasteiger partial charge in [0.2, 0.25) is 5.91 Å². The first kappa shape index (κ1) is 15.7. The third kappa shape index (κ3) is 3.79. The Morgan fingerprint density at radius 1 is 1.53 bits per heavy atom. The molecular formula is C12H16ClN3O2S. The lowest BCUT2D eigenvalue weighted by Crippen LogP contribution is -2.15. The number of furan rings is 1. The second-order valence-electron chi connectivity index (χ2n) is 3.95. The zero-order valence-corrected chi connectivity index (χ0v) is 12.4. The van der Waals surface area contributed by atoms with E-state index >= 15 is 0 Å². The summed E-state index contributed by atoms with van der Waals surface area (Å²) in [5.74, 6) is 1.57. The van der Waals surface area contributed by atoms with E-state index in [1.54, 1.807) is 0 Å². The van der Waals surface area contributed by atoms with Crippen LogP contribution in [0.15, 0.2) is 15.9 Å². The Bertz CT molecular complexity index is 565. The maximum absolute atomic E-state index is 11.4. The number of carbonyl (C=O) groups is 1. The van der Waals surface area contributed by atoms with E-state index in [-0.39, 0.29) is 18.3 Å². The number of nitrogens with two attached hydrogens (primary N) is 1. The summed E-state index contributed by atoms with van der Waals surface area (Å²) in [6.07, 6.45) is 0.304. The van der Waals surface area contributed by atoms with Crippen LogP contribution in [0.5, 0.6) is 0 Å². The second kappa shape index (κ2) is 6.70. The van der Waals surface area contributed by atoms with Crippen molar-refractivity contribution in [2.45, 2.75) is 20.3 Å². The van der Waals surface area contributed by atoms with Crippen molar-refractivity contribution < 1.29 is 9.21 Å². The quantitative estimate of drug-likeness (QED) is 0.910. The van der Waals surface area contributed by atoms with E-state index in [9.17, 15) is 4.79 Å². The first-order chi connectivity index (χ1) is 8.60. The zero-order valence-electron chi connectivity index (χ0n) is 10.7. The number of nitrogens with zero attached hydrogens (tertiary/aromatic N) is 1. The lowest BCUT2D eigenvalue weighted by molar-refractivity contribution is -0.116. The number of rotatable bonds is 4. The summed E-state index contributed by atoms with van der Waals surface area (Å²) in [7, 11) is 0. The lowest BCUT2D eigenvalue weighted by Gasteiger charge is -1.98. The van der Waals surface area contributed by atoms with Gasteiger partial charge in [0.15, 0.2) is 5.13 Å². The Balaban J connectivity index is 0.00000180. The van der Waals surface area contributed by atoms with Gasteiger partial charge in [0.25, 0.3) is 0 Å². The topological polar surface area (TPSA) is 81.2 Å². The van der Waals surface area contributed by atoms with Crippen LogP contribution < -0.4 is 11.1 Å². The highest BCUT2D eigenvalue weighted by Gasteiger charge is 2.12. The molecule has 104 valence electrons. The van der Waals surface area contributed by atoms with Gasteiger partial charge in [-0.05, 0) is 19.9 Å². The molecule has 2 rings (SSSR count). The number of hydrogen-bond acceptors (Lipinski definition) is 5. The molecule has 0 bridgehead atoms. The van der Waals surface area contributed by atoms with Crippen LogP contribution in [0.1, 0.15) is 17.9 Å². The van der Waals surface area contributed by atoms with Crippen molar-refractivity contribution in [2.75, 3.05) is 11.9 Å². The number of carbonyl (C=O) groups excluding carboxylic acids is 1. The standard InChI is InChI=1S/C12H15N3O2S.ClH/c1-7-5-9(8(2)17-7)10-6-18-12(14-10)15-11(16)3-4-13;/h5-6H,3-4,13H2,1-2H3,(H,14,15,16);1H. The van der Waals surface area contributed by atoms with Crippen molar-refractivity contribution >= 4 is 34.8 Å². The molecule has 0 atom stereocenters. The summed E-state index contributed by atoms with van der Waals surface area (Å²) in [6.45, 7) is 4.13. The number of halogens is 1. The molecule has 19 heavy (non-hydrogen) atoms. The molecule has 0 aliphatic rings. The molecule has 0 unspecified atom stereocenters. The Morgan fingerprint density at radius 2 is 2.26 bits per heavy atom. The van der Waals surface area contributed by atoms with Gasteiger partial charge in [-0.2, -0.15) is 0 Å². The van der Waals surface area contributed by atoms with Gasteiger partial charge < -0.3 is 15.5 Å². The second-order valence-corrected chi connectivity index (χ2v) is 4.81. The summed E-state index contributed by atoms with van der Waals surface area (Å²) < 4.78 is 5.46. The maximum Gasteiger partial charge on any atom is 0.227 e. The SMILES string of the molecule is Cc1cc(-c2csc(NC(=O)CCN)n2)c(C)o1.Cl. The zero-order chi connectivity index (χ0) is 13.1. The predicted octanol–water partition coefficient (Wildman–Crippen LogP) is 2.73. The lowest BCUT2D eigenvalue weighted by atomic mass is 10.2. The van der Waals surface area contributed by atoms with Gasteiger partial charge in [-0.1, -0.05) is 0 Å². The largest absolute Gasteiger partial charge is 0.466 e. The molecule has 0 spiro atoms. The highest BCUT2D eigenvalue weighted by atomic mass is 35.5. The van der Waals surface area contributed by atoms with E-state index in [0.717, 1.165) is 22.8 Å². The van der Waals surface area contributed by atoms with Crippen LogP contribution >= 0.6 is 23.7 Å². The van der Waals surface area contributed by atoms with Crippen LogP contribution in [0.25, 0.3) is 11.3 Å². The first-order valence-electron chi connectivity index (χ1n) is 5.63. The number of nitrogens with one attached hydrogen (secondary N) is 1. The highest BCUT2D eigenvalue weighted by Crippen LogP contribution is 2.29. The molecule has 0 aromatic carbocycles. The normalized spacial score (nSPS) is 10.1. The summed E-state index contributed by atoms with van der Waals surface area (Å²) in [6, 6.07) is 1.94. The van der Waals surface area contributed by atoms with E-state index in [2.05, 4.69) is 10.3 Å². The average molecular weight is 302 g/mol. The predicted molar refractivity (Wildman–Crippen MR) is 78.8 cm³/mol. The van der Waals surface area contributed by atoms with Gasteiger partial charge in [-0.25, -0.2) is 4.98 Å². The van der Waals surface area contributed by atoms with Crippen molar-refractivity contribution in [2.24, 2.45) is 5.73 Å². The van der Waals surface area contributed by atoms with Crippen LogP contribution in [-0.2, 0) is 4.79 Å². The number of anilines is 1. The van der Waals surface area contributed by atoms with Gasteiger partial charge in [-0.3, -0.25) is 4.79 Å². The third-order valence-electron chi connectivity index (χ3n) is 2.44. The summed E-state index contributed by atoms with van der Waals surface area (Å²) in [5, 5.41) is 5.20. The fourth-order valence-corrected chi connectivity index (χ4v) is 2.38. The molecule has 0 saturated heterocycles. The molecule has 0 aliphatic carbocycles. The molecule has 7 heteroatoms. The van der Waals surface area contributed by atoms with Gasteiger partial charge >= 0.3 is 0 Å². The minimum absolute atomic E-state index is 0. The van der Waals surface area contributed by atoms with Crippen molar-refractivity contribution in [3.05, 3.63) is 23.0 Å². The van der Waals surface area contributed by atoms with Gasteiger partial charge in [-0.15, -0.1) is 23.7 Å². The Labute approximate surface area is 121 Å². The molecular weight excluding hydrogens is 286 g/mol. The van der Waals surface area contributed by atoms with E-state index in [1.807, 2.05) is 25.3 Å². The molecule has 2 aromatic heterocycles. The summed E-state index contributed by atoms with van der Waals surface area (Å²) in [4.78, 5) is 15.7. The smallest absolute Gasteiger partial charge is 0.227 e. The Hall–Kier alpha value is -1.37. The molecule has 5 nitrogen and oxygen atoms in total. The number of thiazole rings is 1. The molecule has 2 heterocycles. The van der Waals surface area contributed by atoms with Gasteiger partial charge in [0, 0.05) is 23.9 Å². The molecule has 0 fully saturated rings. The number of hydrogen-bond donors (Lipinski definition) is 2. The minimum Gasteiger partial charge on any atom is -0.466 e. The minimum atomic E-state index is -0.113. The average Bonchev–Trinajstić information content (AvgIpc) is 2.85. The van der Waals surface area contributed by atoms with Crippen LogP contribution in [0.2, 0.25) is 0 Å². The van der Waals surface area contributed by atoms with Crippen molar-refractivity contribution in [3.8, 4) is 11.3 Å². The molecule has 0 aliphatic heterocycles. The summed E-state index contributed by atoms with van der Waals surface area (Å²) >= 11 is 1.39. The highest BCUT2D eigenvalue weighted by molar-refractivity contribution is 7.14. The van der Waals surface area contributed by atoms with E-state index in [1.165, 1.54) is 11.3 Å². The van der Waals surface area contributed by atoms with Crippen molar-refractivity contribution in [1.82, 2.24) is 4.98 Å². The van der Waals surface area contributed by atoms with Crippen LogP contribution in [0.4, 0.5) is 5.13 Å². The Kier molecular flexibility index (Phi) is 5.53. The Morgan fingerprint density at radius 3 is 2.84 bits per heavy atom. The fourth-order valence-electron chi connectivity index (χ4n) is 1.65. The number of aromatic nitrogens is 1. The summed E-state index contributed by atoms with van der Waals surface area (Å²) in [5.41, 5.74) is 7.09. The molecule has 0 saturated carbocycles. The van der Waals surface area contributed by atoms with E-state index in [0.29, 0.717) is 18.1 Å². The molecule has 0 radical (unpaired) electrons. The number of aryl methyl sites for hydroxylation is 2. The van der Waals surface area contributed by atoms with Gasteiger partial charge in [0.1, 0.15) is 11.5 Å². The fraction of sp³-hybridized carbons (Fsp3) is 0.333. The van der Waals surface area contributed by atoms with E-state index < -0.39 is 0 Å². The van der Waals surface area contributed by atoms with Gasteiger partial charge in [0.05, 0.1) is 5.69 Å². The molecule has 3 N–H and O–H groups in total. The van der Waals surface area contributed by atoms with Crippen LogP contribution in [0.3, 0.4) is 0 Å². The maximum atomic E-state index is 11.4. The van der Waals surface area contributed by atoms with Crippen molar-refractivity contribution in [1.29, 1.82) is 0 Å². The van der Waals surface area contributed by atoms with E-state index in [4.69, 9.17) is 10.2 Å². The first-order valence-corrected chi connectivity index (χ1v) is 6.51. The monoisotopic (exact) mass is 301 g/mol. The molecule has 1 amide bonds. The van der Waals surface area contributed by atoms with Crippen LogP contribution in [0, 0.1) is 13.8 Å². The van der Waals surface area contributed by atoms with Crippen LogP contribution in [-0.4, -0.2) is 17.4 Å². The third-order valence-corrected chi connectivity index (χ3v) is 3.20.